The van der Waals surface area contributed by atoms with Crippen molar-refractivity contribution in [3.05, 3.63) is 84.9 Å². The van der Waals surface area contributed by atoms with Gasteiger partial charge in [-0.05, 0) is 22.9 Å². The van der Waals surface area contributed by atoms with E-state index < -0.39 is 0 Å². The Hall–Kier alpha value is -3.08. The Morgan fingerprint density at radius 3 is 1.41 bits per heavy atom. The molecule has 2 bridgehead atoms. The highest BCUT2D eigenvalue weighted by molar-refractivity contribution is 5.88. The first-order valence-electron chi connectivity index (χ1n) is 11.6. The van der Waals surface area contributed by atoms with E-state index in [1.54, 1.807) is 0 Å². The molecule has 3 fully saturated rings. The average Bonchev–Trinajstić information content (AvgIpc) is 2.87. The third-order valence-corrected chi connectivity index (χ3v) is 7.05. The number of hydrogen-bond donors (Lipinski definition) is 0. The Labute approximate surface area is 189 Å². The smallest absolute Gasteiger partial charge is 0.127 e. The molecule has 4 heteroatoms. The van der Waals surface area contributed by atoms with Crippen molar-refractivity contribution in [1.82, 2.24) is 9.80 Å². The maximum Gasteiger partial charge on any atom is 0.127 e. The van der Waals surface area contributed by atoms with Crippen molar-refractivity contribution in [2.45, 2.75) is 12.1 Å². The molecule has 0 aliphatic carbocycles. The predicted molar refractivity (Wildman–Crippen MR) is 130 cm³/mol. The van der Waals surface area contributed by atoms with Crippen LogP contribution in [0.3, 0.4) is 0 Å². The van der Waals surface area contributed by atoms with Gasteiger partial charge in [-0.25, -0.2) is 0 Å². The number of hydrogen-bond acceptors (Lipinski definition) is 4. The molecule has 2 atom stereocenters. The quantitative estimate of drug-likeness (QED) is 0.443. The molecule has 0 amide bonds. The van der Waals surface area contributed by atoms with Crippen molar-refractivity contribution >= 4 is 21.5 Å². The molecule has 32 heavy (non-hydrogen) atoms. The first-order chi connectivity index (χ1) is 15.9. The van der Waals surface area contributed by atoms with E-state index in [0.29, 0.717) is 25.3 Å². The van der Waals surface area contributed by atoms with E-state index in [1.165, 1.54) is 21.5 Å². The van der Waals surface area contributed by atoms with Gasteiger partial charge in [0.05, 0.1) is 12.1 Å². The summed E-state index contributed by atoms with van der Waals surface area (Å²) < 4.78 is 12.9. The number of nitrogens with zero attached hydrogens (tertiary/aromatic N) is 2. The van der Waals surface area contributed by atoms with Crippen molar-refractivity contribution < 1.29 is 9.47 Å². The van der Waals surface area contributed by atoms with Crippen LogP contribution in [-0.2, 0) is 0 Å². The molecule has 3 aliphatic rings. The zero-order chi connectivity index (χ0) is 21.3. The van der Waals surface area contributed by atoms with Crippen molar-refractivity contribution in [2.24, 2.45) is 0 Å². The van der Waals surface area contributed by atoms with Gasteiger partial charge >= 0.3 is 0 Å². The first-order valence-corrected chi connectivity index (χ1v) is 11.6. The fourth-order valence-corrected chi connectivity index (χ4v) is 5.31. The van der Waals surface area contributed by atoms with Crippen LogP contribution in [0, 0.1) is 0 Å². The van der Waals surface area contributed by atoms with Gasteiger partial charge in [-0.1, -0.05) is 72.8 Å². The number of piperazine rings is 3. The second-order valence-electron chi connectivity index (χ2n) is 8.78. The van der Waals surface area contributed by atoms with Crippen LogP contribution < -0.4 is 9.47 Å². The standard InChI is InChI=1S/C28H28N2O2/c1-3-11-23-21(7-1)9-5-13-27(23)31-19-25-26(30-17-15-29(25)16-18-30)20-32-28-14-6-10-22-8-2-4-12-24(22)28/h1-14,25-26H,15-20H2/t25-,26-/m1/s1. The summed E-state index contributed by atoms with van der Waals surface area (Å²) in [7, 11) is 0. The van der Waals surface area contributed by atoms with E-state index >= 15 is 0 Å². The fourth-order valence-electron chi connectivity index (χ4n) is 5.31. The zero-order valence-electron chi connectivity index (χ0n) is 18.2. The fraction of sp³-hybridized carbons (Fsp3) is 0.286. The Morgan fingerprint density at radius 2 is 0.938 bits per heavy atom. The van der Waals surface area contributed by atoms with Crippen LogP contribution in [-0.4, -0.2) is 61.3 Å². The lowest BCUT2D eigenvalue weighted by atomic mass is 9.98. The van der Waals surface area contributed by atoms with Gasteiger partial charge in [-0.3, -0.25) is 9.80 Å². The van der Waals surface area contributed by atoms with Crippen molar-refractivity contribution in [3.63, 3.8) is 0 Å². The Kier molecular flexibility index (Phi) is 5.18. The largest absolute Gasteiger partial charge is 0.491 e. The topological polar surface area (TPSA) is 24.9 Å². The second-order valence-corrected chi connectivity index (χ2v) is 8.78. The molecule has 0 saturated carbocycles. The minimum atomic E-state index is 0.325. The van der Waals surface area contributed by atoms with E-state index in [-0.39, 0.29) is 0 Å². The van der Waals surface area contributed by atoms with Gasteiger partial charge in [0.15, 0.2) is 0 Å². The van der Waals surface area contributed by atoms with Gasteiger partial charge in [0, 0.05) is 37.0 Å². The van der Waals surface area contributed by atoms with Crippen LogP contribution in [0.25, 0.3) is 21.5 Å². The number of rotatable bonds is 6. The molecule has 0 aromatic heterocycles. The van der Waals surface area contributed by atoms with Gasteiger partial charge in [0.2, 0.25) is 0 Å². The average molecular weight is 425 g/mol. The molecule has 0 radical (unpaired) electrons. The van der Waals surface area contributed by atoms with Gasteiger partial charge in [0.1, 0.15) is 24.7 Å². The van der Waals surface area contributed by atoms with E-state index in [1.807, 2.05) is 0 Å². The van der Waals surface area contributed by atoms with Crippen LogP contribution in [0.1, 0.15) is 0 Å². The molecule has 3 heterocycles. The van der Waals surface area contributed by atoms with E-state index in [9.17, 15) is 0 Å². The SMILES string of the molecule is c1ccc2c(OC[C@@H]3[C@@H](COc4cccc5ccccc45)N4CCN3CC4)cccc2c1. The summed E-state index contributed by atoms with van der Waals surface area (Å²) in [5.74, 6) is 1.93. The highest BCUT2D eigenvalue weighted by Gasteiger charge is 2.41. The second kappa shape index (κ2) is 8.45. The Balaban J connectivity index is 1.21. The molecule has 3 saturated heterocycles. The summed E-state index contributed by atoms with van der Waals surface area (Å²) in [6, 6.07) is 30.1. The number of benzene rings is 4. The monoisotopic (exact) mass is 424 g/mol. The summed E-state index contributed by atoms with van der Waals surface area (Å²) in [5, 5.41) is 4.79. The van der Waals surface area contributed by atoms with Crippen LogP contribution >= 0.6 is 0 Å². The maximum atomic E-state index is 6.44. The molecule has 4 aromatic rings. The van der Waals surface area contributed by atoms with Crippen molar-refractivity contribution in [2.75, 3.05) is 39.4 Å². The molecule has 162 valence electrons. The molecule has 4 aromatic carbocycles. The molecule has 7 rings (SSSR count). The van der Waals surface area contributed by atoms with Crippen molar-refractivity contribution in [3.8, 4) is 11.5 Å². The molecule has 0 N–H and O–H groups in total. The van der Waals surface area contributed by atoms with Gasteiger partial charge in [-0.2, -0.15) is 0 Å². The molecule has 0 unspecified atom stereocenters. The minimum Gasteiger partial charge on any atom is -0.491 e. The number of ether oxygens (including phenoxy) is 2. The zero-order valence-corrected chi connectivity index (χ0v) is 18.2. The molecular formula is C28H28N2O2. The molecule has 0 spiro atoms. The highest BCUT2D eigenvalue weighted by atomic mass is 16.5. The Morgan fingerprint density at radius 1 is 0.531 bits per heavy atom. The van der Waals surface area contributed by atoms with E-state index in [4.69, 9.17) is 9.47 Å². The Bertz CT molecular complexity index is 1120. The summed E-state index contributed by atoms with van der Waals surface area (Å²) in [5.41, 5.74) is 0. The van der Waals surface area contributed by atoms with Gasteiger partial charge in [-0.15, -0.1) is 0 Å². The summed E-state index contributed by atoms with van der Waals surface area (Å²) in [6.45, 7) is 5.77. The molecule has 3 aliphatic heterocycles. The van der Waals surface area contributed by atoms with E-state index in [2.05, 4.69) is 94.7 Å². The van der Waals surface area contributed by atoms with Crippen molar-refractivity contribution in [1.29, 1.82) is 0 Å². The molecular weight excluding hydrogens is 396 g/mol. The van der Waals surface area contributed by atoms with Crippen LogP contribution in [0.5, 0.6) is 11.5 Å². The van der Waals surface area contributed by atoms with Gasteiger partial charge < -0.3 is 9.47 Å². The minimum absolute atomic E-state index is 0.325. The maximum absolute atomic E-state index is 6.44. The lowest BCUT2D eigenvalue weighted by Gasteiger charge is -2.52. The highest BCUT2D eigenvalue weighted by Crippen LogP contribution is 2.30. The first kappa shape index (κ1) is 19.6. The van der Waals surface area contributed by atoms with Crippen LogP contribution in [0.4, 0.5) is 0 Å². The lowest BCUT2D eigenvalue weighted by molar-refractivity contribution is -0.0659. The van der Waals surface area contributed by atoms with E-state index in [0.717, 1.165) is 37.7 Å². The normalized spacial score (nSPS) is 24.6. The lowest BCUT2D eigenvalue weighted by Crippen LogP contribution is -2.69. The third kappa shape index (κ3) is 3.60. The molecule has 4 nitrogen and oxygen atoms in total. The van der Waals surface area contributed by atoms with Gasteiger partial charge in [0.25, 0.3) is 0 Å². The predicted octanol–water partition coefficient (Wildman–Crippen LogP) is 4.82. The van der Waals surface area contributed by atoms with Crippen LogP contribution in [0.2, 0.25) is 0 Å². The summed E-state index contributed by atoms with van der Waals surface area (Å²) in [4.78, 5) is 5.17. The summed E-state index contributed by atoms with van der Waals surface area (Å²) >= 11 is 0. The number of fused-ring (bicyclic) bond motifs is 5. The summed E-state index contributed by atoms with van der Waals surface area (Å²) in [6.07, 6.45) is 0. The third-order valence-electron chi connectivity index (χ3n) is 7.05. The van der Waals surface area contributed by atoms with Crippen LogP contribution in [0.15, 0.2) is 84.9 Å².